The number of hydrogen-bond donors (Lipinski definition) is 2. The van der Waals surface area contributed by atoms with Crippen molar-refractivity contribution in [1.82, 2.24) is 15.1 Å². The van der Waals surface area contributed by atoms with Crippen molar-refractivity contribution in [2.24, 2.45) is 0 Å². The van der Waals surface area contributed by atoms with E-state index in [2.05, 4.69) is 31.4 Å². The fourth-order valence-corrected chi connectivity index (χ4v) is 4.07. The van der Waals surface area contributed by atoms with Gasteiger partial charge in [0.15, 0.2) is 0 Å². The maximum atomic E-state index is 13.2. The van der Waals surface area contributed by atoms with E-state index in [1.807, 2.05) is 38.1 Å². The van der Waals surface area contributed by atoms with Crippen molar-refractivity contribution in [1.29, 1.82) is 0 Å². The molecule has 0 radical (unpaired) electrons. The molecule has 35 heavy (non-hydrogen) atoms. The Kier molecular flexibility index (Phi) is 7.33. The first-order valence-electron chi connectivity index (χ1n) is 11.8. The van der Waals surface area contributed by atoms with Crippen LogP contribution >= 0.6 is 0 Å². The van der Waals surface area contributed by atoms with Crippen LogP contribution < -0.4 is 10.6 Å². The monoisotopic (exact) mass is 478 g/mol. The summed E-state index contributed by atoms with van der Waals surface area (Å²) in [6.07, 6.45) is 0. The summed E-state index contributed by atoms with van der Waals surface area (Å²) in [4.78, 5) is 53.5. The molecule has 0 saturated carbocycles. The lowest BCUT2D eigenvalue weighted by atomic mass is 9.84. The second kappa shape index (κ2) is 9.90. The van der Waals surface area contributed by atoms with Gasteiger partial charge in [-0.25, -0.2) is 4.79 Å². The van der Waals surface area contributed by atoms with Crippen LogP contribution in [-0.4, -0.2) is 53.2 Å². The Morgan fingerprint density at radius 2 is 1.54 bits per heavy atom. The number of benzene rings is 2. The lowest BCUT2D eigenvalue weighted by Gasteiger charge is -2.24. The zero-order chi connectivity index (χ0) is 26.0. The maximum Gasteiger partial charge on any atom is 0.325 e. The summed E-state index contributed by atoms with van der Waals surface area (Å²) in [7, 11) is 0. The molecule has 1 saturated heterocycles. The van der Waals surface area contributed by atoms with Crippen molar-refractivity contribution in [2.45, 2.75) is 52.5 Å². The second-order valence-electron chi connectivity index (χ2n) is 9.88. The minimum atomic E-state index is -1.25. The molecule has 0 bridgehead atoms. The largest absolute Gasteiger partial charge is 0.339 e. The van der Waals surface area contributed by atoms with E-state index < -0.39 is 29.9 Å². The van der Waals surface area contributed by atoms with Gasteiger partial charge in [-0.3, -0.25) is 19.3 Å². The quantitative estimate of drug-likeness (QED) is 0.590. The van der Waals surface area contributed by atoms with Gasteiger partial charge < -0.3 is 15.5 Å². The fraction of sp³-hybridized carbons (Fsp3) is 0.407. The minimum absolute atomic E-state index is 0.0383. The molecule has 1 heterocycles. The van der Waals surface area contributed by atoms with Crippen LogP contribution in [0.2, 0.25) is 0 Å². The van der Waals surface area contributed by atoms with Gasteiger partial charge in [-0.05, 0) is 61.6 Å². The van der Waals surface area contributed by atoms with E-state index in [9.17, 15) is 19.2 Å². The topological polar surface area (TPSA) is 98.8 Å². The molecule has 8 heteroatoms. The molecule has 2 aromatic carbocycles. The van der Waals surface area contributed by atoms with Crippen LogP contribution in [0.1, 0.15) is 63.0 Å². The Morgan fingerprint density at radius 1 is 0.971 bits per heavy atom. The summed E-state index contributed by atoms with van der Waals surface area (Å²) in [6.45, 7) is 12.6. The van der Waals surface area contributed by atoms with E-state index in [1.165, 1.54) is 0 Å². The highest BCUT2D eigenvalue weighted by atomic mass is 16.2. The van der Waals surface area contributed by atoms with Crippen molar-refractivity contribution >= 4 is 29.4 Å². The van der Waals surface area contributed by atoms with Crippen molar-refractivity contribution < 1.29 is 19.2 Å². The molecular weight excluding hydrogens is 444 g/mol. The molecule has 1 fully saturated rings. The third-order valence-electron chi connectivity index (χ3n) is 6.37. The number of anilines is 1. The van der Waals surface area contributed by atoms with Crippen LogP contribution in [0, 0.1) is 0 Å². The highest BCUT2D eigenvalue weighted by molar-refractivity contribution is 6.10. The highest BCUT2D eigenvalue weighted by Gasteiger charge is 2.49. The van der Waals surface area contributed by atoms with Crippen molar-refractivity contribution in [3.8, 4) is 0 Å². The summed E-state index contributed by atoms with van der Waals surface area (Å²) in [5.74, 6) is -1.08. The van der Waals surface area contributed by atoms with Crippen LogP contribution in [0.3, 0.4) is 0 Å². The molecule has 0 aliphatic carbocycles. The number of carbonyl (C=O) groups is 4. The third-order valence-corrected chi connectivity index (χ3v) is 6.37. The van der Waals surface area contributed by atoms with E-state index in [0.29, 0.717) is 29.9 Å². The molecule has 0 unspecified atom stereocenters. The molecule has 2 N–H and O–H groups in total. The minimum Gasteiger partial charge on any atom is -0.339 e. The third kappa shape index (κ3) is 5.37. The molecule has 3 rings (SSSR count). The molecule has 186 valence electrons. The fourth-order valence-electron chi connectivity index (χ4n) is 4.07. The van der Waals surface area contributed by atoms with Crippen LogP contribution in [-0.2, 0) is 20.5 Å². The van der Waals surface area contributed by atoms with Crippen LogP contribution in [0.25, 0.3) is 0 Å². The van der Waals surface area contributed by atoms with Crippen molar-refractivity contribution in [3.05, 3.63) is 65.2 Å². The number of carbonyl (C=O) groups excluding carboxylic acids is 4. The summed E-state index contributed by atoms with van der Waals surface area (Å²) < 4.78 is 0. The Hall–Kier alpha value is -3.68. The Labute approximate surface area is 206 Å². The average molecular weight is 479 g/mol. The number of nitrogens with zero attached hydrogens (tertiary/aromatic N) is 2. The first kappa shape index (κ1) is 25.9. The van der Waals surface area contributed by atoms with Gasteiger partial charge in [0.2, 0.25) is 5.91 Å². The van der Waals surface area contributed by atoms with Crippen LogP contribution in [0.15, 0.2) is 48.5 Å². The number of hydrogen-bond acceptors (Lipinski definition) is 4. The Balaban J connectivity index is 1.67. The second-order valence-corrected chi connectivity index (χ2v) is 9.88. The van der Waals surface area contributed by atoms with Gasteiger partial charge in [0.05, 0.1) is 0 Å². The smallest absolute Gasteiger partial charge is 0.325 e. The van der Waals surface area contributed by atoms with Crippen molar-refractivity contribution in [3.63, 3.8) is 0 Å². The number of rotatable bonds is 7. The molecule has 1 aliphatic rings. The van der Waals surface area contributed by atoms with E-state index >= 15 is 0 Å². The van der Waals surface area contributed by atoms with Crippen LogP contribution in [0.4, 0.5) is 10.5 Å². The molecule has 1 aliphatic heterocycles. The lowest BCUT2D eigenvalue weighted by molar-refractivity contribution is -0.133. The molecule has 2 aromatic rings. The zero-order valence-corrected chi connectivity index (χ0v) is 21.3. The molecule has 0 spiro atoms. The van der Waals surface area contributed by atoms with Crippen molar-refractivity contribution in [2.75, 3.05) is 25.0 Å². The van der Waals surface area contributed by atoms with E-state index in [1.54, 1.807) is 36.1 Å². The Morgan fingerprint density at radius 3 is 2.06 bits per heavy atom. The van der Waals surface area contributed by atoms with Gasteiger partial charge in [0.25, 0.3) is 11.8 Å². The summed E-state index contributed by atoms with van der Waals surface area (Å²) in [6, 6.07) is 13.5. The molecule has 8 nitrogen and oxygen atoms in total. The van der Waals surface area contributed by atoms with Gasteiger partial charge >= 0.3 is 6.03 Å². The van der Waals surface area contributed by atoms with Gasteiger partial charge in [0.1, 0.15) is 12.1 Å². The first-order chi connectivity index (χ1) is 16.4. The predicted octanol–water partition coefficient (Wildman–Crippen LogP) is 3.87. The summed E-state index contributed by atoms with van der Waals surface area (Å²) in [5.41, 5.74) is 1.47. The molecule has 5 amide bonds. The summed E-state index contributed by atoms with van der Waals surface area (Å²) in [5, 5.41) is 5.42. The number of imide groups is 1. The Bertz CT molecular complexity index is 1120. The number of amides is 5. The van der Waals surface area contributed by atoms with Gasteiger partial charge in [0, 0.05) is 24.3 Å². The molecule has 0 aromatic heterocycles. The average Bonchev–Trinajstić information content (AvgIpc) is 3.03. The van der Waals surface area contributed by atoms with Gasteiger partial charge in [-0.15, -0.1) is 0 Å². The molecular formula is C27H34N4O4. The van der Waals surface area contributed by atoms with E-state index in [0.717, 1.165) is 10.5 Å². The lowest BCUT2D eigenvalue weighted by Crippen LogP contribution is -2.42. The SMILES string of the molecule is CCN(CC)C(=O)c1ccc(NC(=O)CN2C(=O)N[C@@](C)(c3ccc(C(C)(C)C)cc3)C2=O)cc1. The molecule has 1 atom stereocenters. The normalized spacial score (nSPS) is 17.8. The summed E-state index contributed by atoms with van der Waals surface area (Å²) >= 11 is 0. The standard InChI is InChI=1S/C27H34N4O4/c1-7-30(8-2)23(33)18-9-15-21(16-10-18)28-22(32)17-31-24(34)27(6,29-25(31)35)20-13-11-19(12-14-20)26(3,4)5/h9-16H,7-8,17H2,1-6H3,(H,28,32)(H,29,35)/t27-/m0/s1. The first-order valence-corrected chi connectivity index (χ1v) is 11.8. The number of nitrogens with one attached hydrogen (secondary N) is 2. The maximum absolute atomic E-state index is 13.2. The zero-order valence-electron chi connectivity index (χ0n) is 21.3. The van der Waals surface area contributed by atoms with Gasteiger partial charge in [-0.1, -0.05) is 45.0 Å². The van der Waals surface area contributed by atoms with E-state index in [-0.39, 0.29) is 11.3 Å². The highest BCUT2D eigenvalue weighted by Crippen LogP contribution is 2.31. The van der Waals surface area contributed by atoms with E-state index in [4.69, 9.17) is 0 Å². The van der Waals surface area contributed by atoms with Gasteiger partial charge in [-0.2, -0.15) is 0 Å². The number of urea groups is 1. The predicted molar refractivity (Wildman–Crippen MR) is 135 cm³/mol. The van der Waals surface area contributed by atoms with Crippen LogP contribution in [0.5, 0.6) is 0 Å².